The van der Waals surface area contributed by atoms with Gasteiger partial charge in [0, 0.05) is 0 Å². The van der Waals surface area contributed by atoms with E-state index in [1.165, 1.54) is 6.92 Å². The van der Waals surface area contributed by atoms with Crippen molar-refractivity contribution in [2.75, 3.05) is 0 Å². The van der Waals surface area contributed by atoms with E-state index >= 15 is 0 Å². The molecule has 0 radical (unpaired) electrons. The Morgan fingerprint density at radius 2 is 1.76 bits per heavy atom. The van der Waals surface area contributed by atoms with Crippen LogP contribution in [0.25, 0.3) is 0 Å². The lowest BCUT2D eigenvalue weighted by Crippen LogP contribution is -2.59. The molecule has 0 aliphatic carbocycles. The van der Waals surface area contributed by atoms with E-state index in [-0.39, 0.29) is 6.61 Å². The monoisotopic (exact) mass is 291 g/mol. The molecule has 0 unspecified atom stereocenters. The first kappa shape index (κ1) is 16.0. The van der Waals surface area contributed by atoms with Crippen molar-refractivity contribution in [3.8, 4) is 11.8 Å². The Morgan fingerprint density at radius 1 is 1.19 bits per heavy atom. The smallest absolute Gasteiger partial charge is 0.409 e. The lowest BCUT2D eigenvalue weighted by Gasteiger charge is -2.20. The van der Waals surface area contributed by atoms with Gasteiger partial charge in [0.15, 0.2) is 0 Å². The van der Waals surface area contributed by atoms with Crippen molar-refractivity contribution in [2.45, 2.75) is 19.1 Å². The zero-order valence-corrected chi connectivity index (χ0v) is 11.1. The fraction of sp³-hybridized carbons (Fsp3) is 0.214. The molecule has 0 fully saturated rings. The fourth-order valence-electron chi connectivity index (χ4n) is 1.44. The summed E-state index contributed by atoms with van der Waals surface area (Å²) in [5.74, 6) is 0.522. The highest BCUT2D eigenvalue weighted by Crippen LogP contribution is 2.07. The number of ether oxygens (including phenoxy) is 1. The van der Waals surface area contributed by atoms with Crippen molar-refractivity contribution in [1.29, 1.82) is 0 Å². The van der Waals surface area contributed by atoms with Crippen LogP contribution in [0.1, 0.15) is 12.5 Å². The first-order valence-electron chi connectivity index (χ1n) is 5.82. The van der Waals surface area contributed by atoms with Crippen LogP contribution in [0.3, 0.4) is 0 Å². The fourth-order valence-corrected chi connectivity index (χ4v) is 1.44. The van der Waals surface area contributed by atoms with Gasteiger partial charge in [0.2, 0.25) is 0 Å². The predicted molar refractivity (Wildman–Crippen MR) is 71.2 cm³/mol. The highest BCUT2D eigenvalue weighted by Gasteiger charge is 2.47. The number of aliphatic carboxylic acids is 2. The van der Waals surface area contributed by atoms with Crippen LogP contribution in [0, 0.1) is 11.8 Å². The van der Waals surface area contributed by atoms with E-state index in [2.05, 4.69) is 5.92 Å². The van der Waals surface area contributed by atoms with Gasteiger partial charge in [0.1, 0.15) is 6.61 Å². The summed E-state index contributed by atoms with van der Waals surface area (Å²) in [6, 6.07) is 8.64. The normalized spacial score (nSPS) is 9.95. The summed E-state index contributed by atoms with van der Waals surface area (Å²) in [4.78, 5) is 33.8. The van der Waals surface area contributed by atoms with Gasteiger partial charge in [-0.15, -0.1) is 5.92 Å². The first-order valence-corrected chi connectivity index (χ1v) is 5.82. The average molecular weight is 291 g/mol. The summed E-state index contributed by atoms with van der Waals surface area (Å²) in [6.07, 6.45) is -1.19. The minimum absolute atomic E-state index is 0.123. The number of amides is 1. The SMILES string of the molecule is CC#CC(NC(=O)OCc1ccccc1)(C(=O)O)C(=O)O. The summed E-state index contributed by atoms with van der Waals surface area (Å²) in [6.45, 7) is 1.14. The van der Waals surface area contributed by atoms with Crippen LogP contribution < -0.4 is 5.32 Å². The molecule has 0 saturated heterocycles. The van der Waals surface area contributed by atoms with Gasteiger partial charge in [0.05, 0.1) is 0 Å². The number of carboxylic acid groups (broad SMARTS) is 2. The van der Waals surface area contributed by atoms with Crippen molar-refractivity contribution < 1.29 is 29.3 Å². The van der Waals surface area contributed by atoms with Crippen LogP contribution in [0.4, 0.5) is 4.79 Å². The Balaban J connectivity index is 2.79. The molecule has 1 amide bonds. The van der Waals surface area contributed by atoms with Gasteiger partial charge < -0.3 is 14.9 Å². The second-order valence-corrected chi connectivity index (χ2v) is 3.92. The van der Waals surface area contributed by atoms with E-state index in [9.17, 15) is 14.4 Å². The number of benzene rings is 1. The third kappa shape index (κ3) is 3.98. The maximum absolute atomic E-state index is 11.6. The highest BCUT2D eigenvalue weighted by atomic mass is 16.5. The molecule has 0 bridgehead atoms. The van der Waals surface area contributed by atoms with Crippen LogP contribution in [-0.4, -0.2) is 33.8 Å². The first-order chi connectivity index (χ1) is 9.92. The van der Waals surface area contributed by atoms with Crippen LogP contribution in [0.15, 0.2) is 30.3 Å². The third-order valence-corrected chi connectivity index (χ3v) is 2.46. The largest absolute Gasteiger partial charge is 0.478 e. The van der Waals surface area contributed by atoms with E-state index in [4.69, 9.17) is 14.9 Å². The standard InChI is InChI=1S/C14H13NO6/c1-2-8-14(11(16)17,12(18)19)15-13(20)21-9-10-6-4-3-5-7-10/h3-7H,9H2,1H3,(H,15,20)(H,16,17)(H,18,19). The maximum Gasteiger partial charge on any atom is 0.409 e. The molecule has 1 aromatic carbocycles. The van der Waals surface area contributed by atoms with E-state index in [1.807, 2.05) is 5.92 Å². The molecule has 1 aromatic rings. The predicted octanol–water partition coefficient (Wildman–Crippen LogP) is 0.844. The molecule has 0 spiro atoms. The molecule has 7 heteroatoms. The molecule has 0 aliphatic rings. The molecule has 1 rings (SSSR count). The second-order valence-electron chi connectivity index (χ2n) is 3.92. The van der Waals surface area contributed by atoms with Crippen LogP contribution in [-0.2, 0) is 20.9 Å². The van der Waals surface area contributed by atoms with E-state index in [1.54, 1.807) is 35.6 Å². The third-order valence-electron chi connectivity index (χ3n) is 2.46. The minimum atomic E-state index is -2.73. The van der Waals surface area contributed by atoms with Crippen LogP contribution in [0.2, 0.25) is 0 Å². The van der Waals surface area contributed by atoms with Gasteiger partial charge >= 0.3 is 18.0 Å². The Bertz CT molecular complexity index is 585. The molecule has 0 saturated carbocycles. The van der Waals surface area contributed by atoms with Crippen molar-refractivity contribution >= 4 is 18.0 Å². The maximum atomic E-state index is 11.6. The number of alkyl carbamates (subject to hydrolysis) is 1. The second kappa shape index (κ2) is 6.96. The van der Waals surface area contributed by atoms with Crippen molar-refractivity contribution in [2.24, 2.45) is 0 Å². The summed E-state index contributed by atoms with van der Waals surface area (Å²) in [5, 5.41) is 19.8. The molecular weight excluding hydrogens is 278 g/mol. The molecular formula is C14H13NO6. The van der Waals surface area contributed by atoms with Gasteiger partial charge in [-0.3, -0.25) is 5.32 Å². The number of carbonyl (C=O) groups excluding carboxylic acids is 1. The molecule has 0 aliphatic heterocycles. The number of hydrogen-bond acceptors (Lipinski definition) is 4. The van der Waals surface area contributed by atoms with E-state index in [0.717, 1.165) is 0 Å². The lowest BCUT2D eigenvalue weighted by atomic mass is 10.0. The molecule has 3 N–H and O–H groups in total. The number of carboxylic acids is 2. The zero-order chi connectivity index (χ0) is 15.9. The molecule has 0 atom stereocenters. The Kier molecular flexibility index (Phi) is 5.31. The van der Waals surface area contributed by atoms with E-state index in [0.29, 0.717) is 5.56 Å². The van der Waals surface area contributed by atoms with Crippen molar-refractivity contribution in [1.82, 2.24) is 5.32 Å². The zero-order valence-electron chi connectivity index (χ0n) is 11.1. The van der Waals surface area contributed by atoms with Crippen molar-refractivity contribution in [3.63, 3.8) is 0 Å². The summed E-state index contributed by atoms with van der Waals surface area (Å²) >= 11 is 0. The van der Waals surface area contributed by atoms with Gasteiger partial charge in [-0.2, -0.15) is 0 Å². The molecule has 7 nitrogen and oxygen atoms in total. The Hall–Kier alpha value is -3.01. The lowest BCUT2D eigenvalue weighted by molar-refractivity contribution is -0.155. The number of hydrogen-bond donors (Lipinski definition) is 3. The number of nitrogens with one attached hydrogen (secondary N) is 1. The summed E-state index contributed by atoms with van der Waals surface area (Å²) < 4.78 is 4.79. The summed E-state index contributed by atoms with van der Waals surface area (Å²) in [7, 11) is 0. The van der Waals surface area contributed by atoms with Crippen LogP contribution in [0.5, 0.6) is 0 Å². The van der Waals surface area contributed by atoms with Gasteiger partial charge in [-0.05, 0) is 12.5 Å². The highest BCUT2D eigenvalue weighted by molar-refractivity contribution is 6.09. The van der Waals surface area contributed by atoms with Crippen LogP contribution >= 0.6 is 0 Å². The molecule has 110 valence electrons. The summed E-state index contributed by atoms with van der Waals surface area (Å²) in [5.41, 5.74) is -2.06. The number of rotatable bonds is 5. The molecule has 0 aromatic heterocycles. The Morgan fingerprint density at radius 3 is 2.24 bits per heavy atom. The van der Waals surface area contributed by atoms with Crippen molar-refractivity contribution in [3.05, 3.63) is 35.9 Å². The molecule has 0 heterocycles. The number of carbonyl (C=O) groups is 3. The van der Waals surface area contributed by atoms with Gasteiger partial charge in [-0.25, -0.2) is 14.4 Å². The average Bonchev–Trinajstić information content (AvgIpc) is 2.45. The quantitative estimate of drug-likeness (QED) is 0.547. The molecule has 21 heavy (non-hydrogen) atoms. The minimum Gasteiger partial charge on any atom is -0.478 e. The topological polar surface area (TPSA) is 113 Å². The van der Waals surface area contributed by atoms with E-state index < -0.39 is 23.6 Å². The van der Waals surface area contributed by atoms with Gasteiger partial charge in [-0.1, -0.05) is 36.3 Å². The van der Waals surface area contributed by atoms with Gasteiger partial charge in [0.25, 0.3) is 5.54 Å². The Labute approximate surface area is 120 Å².